The minimum Gasteiger partial charge on any atom is -0.370 e. The summed E-state index contributed by atoms with van der Waals surface area (Å²) in [7, 11) is 0. The normalized spacial score (nSPS) is 23.7. The number of nitrogens with two attached hydrogens (primary N) is 1. The fraction of sp³-hybridized carbons (Fsp3) is 0.457. The van der Waals surface area contributed by atoms with Gasteiger partial charge in [-0.25, -0.2) is 4.79 Å². The van der Waals surface area contributed by atoms with E-state index in [1.54, 1.807) is 6.07 Å². The fourth-order valence-corrected chi connectivity index (χ4v) is 7.92. The van der Waals surface area contributed by atoms with E-state index < -0.39 is 0 Å². The molecular formula is C35H42N4O3. The molecule has 7 heteroatoms. The Kier molecular flexibility index (Phi) is 8.18. The molecule has 1 spiro atoms. The number of likely N-dealkylation sites (tertiary alicyclic amines) is 2. The van der Waals surface area contributed by atoms with Crippen LogP contribution in [0, 0.1) is 17.3 Å². The molecule has 2 aliphatic heterocycles. The monoisotopic (exact) mass is 566 g/mol. The third kappa shape index (κ3) is 5.87. The van der Waals surface area contributed by atoms with Gasteiger partial charge in [0.25, 0.3) is 5.56 Å². The largest absolute Gasteiger partial charge is 0.370 e. The Morgan fingerprint density at radius 1 is 0.881 bits per heavy atom. The van der Waals surface area contributed by atoms with Crippen molar-refractivity contribution in [1.82, 2.24) is 14.4 Å². The van der Waals surface area contributed by atoms with E-state index in [4.69, 9.17) is 5.73 Å². The van der Waals surface area contributed by atoms with Crippen LogP contribution in [0.15, 0.2) is 83.8 Å². The van der Waals surface area contributed by atoms with Gasteiger partial charge in [-0.1, -0.05) is 73.5 Å². The van der Waals surface area contributed by atoms with E-state index in [1.165, 1.54) is 12.8 Å². The second-order valence-corrected chi connectivity index (χ2v) is 12.7. The zero-order chi connectivity index (χ0) is 29.1. The van der Waals surface area contributed by atoms with Gasteiger partial charge in [0.05, 0.1) is 6.04 Å². The van der Waals surface area contributed by atoms with E-state index in [0.717, 1.165) is 55.3 Å². The number of hydrogen-bond donors (Lipinski definition) is 1. The number of hydrogen-bond acceptors (Lipinski definition) is 3. The van der Waals surface area contributed by atoms with Gasteiger partial charge >= 0.3 is 6.03 Å². The van der Waals surface area contributed by atoms with Crippen molar-refractivity contribution in [2.24, 2.45) is 23.0 Å². The molecule has 2 saturated heterocycles. The molecule has 1 aliphatic carbocycles. The van der Waals surface area contributed by atoms with Crippen molar-refractivity contribution in [2.45, 2.75) is 64.0 Å². The average molecular weight is 567 g/mol. The van der Waals surface area contributed by atoms with Gasteiger partial charge in [-0.2, -0.15) is 0 Å². The number of rotatable bonds is 6. The first kappa shape index (κ1) is 28.3. The number of benzene rings is 2. The Labute approximate surface area is 248 Å². The summed E-state index contributed by atoms with van der Waals surface area (Å²) < 4.78 is 1.88. The zero-order valence-corrected chi connectivity index (χ0v) is 24.4. The number of carbonyl (C=O) groups is 2. The molecule has 2 aromatic carbocycles. The summed E-state index contributed by atoms with van der Waals surface area (Å²) in [6.07, 6.45) is 9.30. The number of amides is 3. The predicted molar refractivity (Wildman–Crippen MR) is 165 cm³/mol. The summed E-state index contributed by atoms with van der Waals surface area (Å²) >= 11 is 0. The zero-order valence-electron chi connectivity index (χ0n) is 24.4. The molecule has 7 nitrogen and oxygen atoms in total. The number of piperidine rings is 2. The van der Waals surface area contributed by atoms with Crippen LogP contribution in [0.25, 0.3) is 11.1 Å². The first-order valence-corrected chi connectivity index (χ1v) is 15.6. The number of urea groups is 1. The number of aromatic nitrogens is 1. The van der Waals surface area contributed by atoms with Crippen LogP contribution >= 0.6 is 0 Å². The second kappa shape index (κ2) is 12.2. The van der Waals surface area contributed by atoms with Gasteiger partial charge in [-0.05, 0) is 72.1 Å². The summed E-state index contributed by atoms with van der Waals surface area (Å²) in [6.45, 7) is 2.77. The first-order chi connectivity index (χ1) is 20.4. The highest BCUT2D eigenvalue weighted by molar-refractivity contribution is 5.76. The molecule has 3 fully saturated rings. The van der Waals surface area contributed by atoms with Gasteiger partial charge in [-0.3, -0.25) is 9.59 Å². The molecule has 42 heavy (non-hydrogen) atoms. The topological polar surface area (TPSA) is 88.6 Å². The second-order valence-electron chi connectivity index (χ2n) is 12.7. The smallest absolute Gasteiger partial charge is 0.320 e. The van der Waals surface area contributed by atoms with Gasteiger partial charge in [0.1, 0.15) is 0 Å². The Morgan fingerprint density at radius 3 is 2.29 bits per heavy atom. The third-order valence-electron chi connectivity index (χ3n) is 10.1. The number of carbonyl (C=O) groups excluding carboxylic acids is 2. The van der Waals surface area contributed by atoms with Crippen LogP contribution in [0.1, 0.15) is 63.0 Å². The molecule has 3 heterocycles. The van der Waals surface area contributed by atoms with Gasteiger partial charge in [0.15, 0.2) is 0 Å². The van der Waals surface area contributed by atoms with Crippen LogP contribution in [0.4, 0.5) is 4.79 Å². The molecule has 6 rings (SSSR count). The van der Waals surface area contributed by atoms with E-state index in [9.17, 15) is 14.4 Å². The molecule has 0 unspecified atom stereocenters. The lowest BCUT2D eigenvalue weighted by atomic mass is 9.69. The fourth-order valence-electron chi connectivity index (χ4n) is 7.92. The lowest BCUT2D eigenvalue weighted by Gasteiger charge is -2.49. The number of pyridine rings is 1. The molecule has 2 N–H and O–H groups in total. The minimum absolute atomic E-state index is 0.0348. The quantitative estimate of drug-likeness (QED) is 0.406. The van der Waals surface area contributed by atoms with Crippen molar-refractivity contribution < 1.29 is 9.59 Å². The SMILES string of the molecule is NC(=O)C[C@@H]1CCN(C(=O)N2CC[C@@H](Cn3ccc(-c4ccccc4)cc3=O)C3(CCCC3)C2)[C@H](c2ccccc2)C1. The highest BCUT2D eigenvalue weighted by Crippen LogP contribution is 2.49. The maximum absolute atomic E-state index is 14.2. The Bertz CT molecular complexity index is 1450. The standard InChI is InChI=1S/C35H42N4O3/c36-32(40)22-26-13-20-39(31(21-26)28-11-5-2-6-12-28)34(42)38-19-15-30(35(25-38)16-7-8-17-35)24-37-18-14-29(23-33(37)41)27-9-3-1-4-10-27/h1-6,9-12,14,18,23,26,30-31H,7-8,13,15-17,19-22,24-25H2,(H2,36,40)/t26-,30+,31+/m1/s1. The molecule has 3 aromatic rings. The lowest BCUT2D eigenvalue weighted by Crippen LogP contribution is -2.56. The molecule has 0 bridgehead atoms. The molecule has 1 saturated carbocycles. The van der Waals surface area contributed by atoms with Gasteiger partial charge in [0.2, 0.25) is 5.91 Å². The summed E-state index contributed by atoms with van der Waals surface area (Å²) in [4.78, 5) is 43.2. The van der Waals surface area contributed by atoms with Crippen LogP contribution in [0.3, 0.4) is 0 Å². The number of nitrogens with zero attached hydrogens (tertiary/aromatic N) is 3. The average Bonchev–Trinajstić information content (AvgIpc) is 3.48. The highest BCUT2D eigenvalue weighted by atomic mass is 16.2. The molecule has 1 aromatic heterocycles. The van der Waals surface area contributed by atoms with Crippen molar-refractivity contribution >= 4 is 11.9 Å². The lowest BCUT2D eigenvalue weighted by molar-refractivity contribution is -0.119. The van der Waals surface area contributed by atoms with Gasteiger partial charge < -0.3 is 20.1 Å². The van der Waals surface area contributed by atoms with Crippen LogP contribution in [-0.2, 0) is 11.3 Å². The van der Waals surface area contributed by atoms with Crippen molar-refractivity contribution in [3.05, 3.63) is 94.9 Å². The molecule has 220 valence electrons. The van der Waals surface area contributed by atoms with E-state index in [2.05, 4.69) is 17.0 Å². The minimum atomic E-state index is -0.273. The third-order valence-corrected chi connectivity index (χ3v) is 10.1. The van der Waals surface area contributed by atoms with E-state index in [-0.39, 0.29) is 34.9 Å². The maximum atomic E-state index is 14.2. The molecule has 3 atom stereocenters. The van der Waals surface area contributed by atoms with Crippen LogP contribution < -0.4 is 11.3 Å². The van der Waals surface area contributed by atoms with E-state index in [1.807, 2.05) is 70.3 Å². The Hall–Kier alpha value is -3.87. The molecule has 3 aliphatic rings. The predicted octanol–water partition coefficient (Wildman–Crippen LogP) is 5.85. The van der Waals surface area contributed by atoms with Crippen molar-refractivity contribution in [1.29, 1.82) is 0 Å². The van der Waals surface area contributed by atoms with E-state index in [0.29, 0.717) is 32.0 Å². The maximum Gasteiger partial charge on any atom is 0.320 e. The van der Waals surface area contributed by atoms with Crippen molar-refractivity contribution in [2.75, 3.05) is 19.6 Å². The summed E-state index contributed by atoms with van der Waals surface area (Å²) in [5.74, 6) is 0.274. The number of primary amides is 1. The molecule has 3 amide bonds. The Morgan fingerprint density at radius 2 is 1.60 bits per heavy atom. The summed E-state index contributed by atoms with van der Waals surface area (Å²) in [5, 5.41) is 0. The molecular weight excluding hydrogens is 524 g/mol. The van der Waals surface area contributed by atoms with Crippen LogP contribution in [0.2, 0.25) is 0 Å². The van der Waals surface area contributed by atoms with Crippen molar-refractivity contribution in [3.8, 4) is 11.1 Å². The van der Waals surface area contributed by atoms with Crippen LogP contribution in [0.5, 0.6) is 0 Å². The summed E-state index contributed by atoms with van der Waals surface area (Å²) in [6, 6.07) is 24.1. The summed E-state index contributed by atoms with van der Waals surface area (Å²) in [5.41, 5.74) is 8.73. The molecule has 0 radical (unpaired) electrons. The van der Waals surface area contributed by atoms with Gasteiger partial charge in [-0.15, -0.1) is 0 Å². The van der Waals surface area contributed by atoms with Crippen molar-refractivity contribution in [3.63, 3.8) is 0 Å². The van der Waals surface area contributed by atoms with Crippen LogP contribution in [-0.4, -0.2) is 45.9 Å². The first-order valence-electron chi connectivity index (χ1n) is 15.6. The Balaban J connectivity index is 1.19. The van der Waals surface area contributed by atoms with E-state index >= 15 is 0 Å². The highest BCUT2D eigenvalue weighted by Gasteiger charge is 2.47. The van der Waals surface area contributed by atoms with Gasteiger partial charge in [0, 0.05) is 44.9 Å².